The number of halogens is 1. The Hall–Kier alpha value is -3.15. The van der Waals surface area contributed by atoms with Crippen molar-refractivity contribution >= 4 is 5.96 Å². The summed E-state index contributed by atoms with van der Waals surface area (Å²) in [5.74, 6) is 1.45. The molecule has 0 amide bonds. The minimum atomic E-state index is -0.192. The molecule has 2 aromatic carbocycles. The average molecular weight is 379 g/mol. The van der Waals surface area contributed by atoms with Gasteiger partial charge in [-0.2, -0.15) is 0 Å². The minimum Gasteiger partial charge on any atom is -0.357 e. The Kier molecular flexibility index (Phi) is 6.78. The van der Waals surface area contributed by atoms with E-state index < -0.39 is 0 Å². The molecule has 0 saturated heterocycles. The van der Waals surface area contributed by atoms with Crippen LogP contribution in [0.1, 0.15) is 29.4 Å². The molecule has 1 aromatic heterocycles. The van der Waals surface area contributed by atoms with Gasteiger partial charge in [-0.25, -0.2) is 14.4 Å². The Morgan fingerprint density at radius 3 is 2.68 bits per heavy atom. The van der Waals surface area contributed by atoms with Gasteiger partial charge < -0.3 is 15.2 Å². The van der Waals surface area contributed by atoms with E-state index in [4.69, 9.17) is 0 Å². The topological polar surface area (TPSA) is 54.2 Å². The van der Waals surface area contributed by atoms with Crippen LogP contribution in [0, 0.1) is 12.7 Å². The first-order valence-electron chi connectivity index (χ1n) is 9.47. The molecule has 0 atom stereocenters. The molecule has 0 spiro atoms. The largest absolute Gasteiger partial charge is 0.357 e. The Labute approximate surface area is 165 Å². The van der Waals surface area contributed by atoms with E-state index in [0.29, 0.717) is 24.6 Å². The highest BCUT2D eigenvalue weighted by Gasteiger charge is 2.06. The second kappa shape index (κ2) is 9.69. The summed E-state index contributed by atoms with van der Waals surface area (Å²) >= 11 is 0. The molecule has 0 bridgehead atoms. The van der Waals surface area contributed by atoms with Crippen molar-refractivity contribution in [3.8, 4) is 0 Å². The van der Waals surface area contributed by atoms with Crippen LogP contribution in [0.4, 0.5) is 4.39 Å². The van der Waals surface area contributed by atoms with Crippen molar-refractivity contribution in [2.24, 2.45) is 4.99 Å². The van der Waals surface area contributed by atoms with Gasteiger partial charge in [0.05, 0.1) is 13.1 Å². The van der Waals surface area contributed by atoms with E-state index in [0.717, 1.165) is 24.5 Å². The van der Waals surface area contributed by atoms with Crippen LogP contribution in [0.15, 0.2) is 65.9 Å². The number of hydrogen-bond acceptors (Lipinski definition) is 2. The third kappa shape index (κ3) is 5.42. The summed E-state index contributed by atoms with van der Waals surface area (Å²) in [5.41, 5.74) is 2.84. The Morgan fingerprint density at radius 1 is 1.11 bits per heavy atom. The van der Waals surface area contributed by atoms with E-state index in [1.807, 2.05) is 43.6 Å². The molecule has 0 aliphatic heterocycles. The van der Waals surface area contributed by atoms with Crippen LogP contribution in [-0.2, 0) is 19.6 Å². The van der Waals surface area contributed by atoms with Gasteiger partial charge in [0.2, 0.25) is 0 Å². The number of nitrogens with one attached hydrogen (secondary N) is 2. The summed E-state index contributed by atoms with van der Waals surface area (Å²) in [4.78, 5) is 9.06. The second-order valence-corrected chi connectivity index (χ2v) is 6.59. The number of aryl methyl sites for hydroxylation is 1. The smallest absolute Gasteiger partial charge is 0.191 e. The SMILES string of the molecule is CCNC(=NCc1ccc(F)c(C)c1)NCc1nccn1Cc1ccccc1. The number of rotatable bonds is 7. The number of hydrogen-bond donors (Lipinski definition) is 2. The van der Waals surface area contributed by atoms with Crippen LogP contribution in [-0.4, -0.2) is 22.1 Å². The molecule has 0 aliphatic carbocycles. The summed E-state index contributed by atoms with van der Waals surface area (Å²) in [6, 6.07) is 15.4. The van der Waals surface area contributed by atoms with Gasteiger partial charge in [-0.1, -0.05) is 42.5 Å². The molecule has 2 N–H and O–H groups in total. The summed E-state index contributed by atoms with van der Waals surface area (Å²) in [6.07, 6.45) is 3.79. The number of guanidine groups is 1. The molecule has 1 heterocycles. The van der Waals surface area contributed by atoms with Crippen LogP contribution in [0.25, 0.3) is 0 Å². The van der Waals surface area contributed by atoms with Crippen LogP contribution in [0.2, 0.25) is 0 Å². The highest BCUT2D eigenvalue weighted by Crippen LogP contribution is 2.10. The Balaban J connectivity index is 1.63. The van der Waals surface area contributed by atoms with Crippen molar-refractivity contribution in [2.45, 2.75) is 33.5 Å². The maximum absolute atomic E-state index is 13.4. The number of aliphatic imine (C=N–C) groups is 1. The van der Waals surface area contributed by atoms with Crippen molar-refractivity contribution in [2.75, 3.05) is 6.54 Å². The lowest BCUT2D eigenvalue weighted by atomic mass is 10.1. The number of aromatic nitrogens is 2. The fourth-order valence-electron chi connectivity index (χ4n) is 2.91. The summed E-state index contributed by atoms with van der Waals surface area (Å²) in [7, 11) is 0. The van der Waals surface area contributed by atoms with Gasteiger partial charge in [-0.3, -0.25) is 0 Å². The first kappa shape index (κ1) is 19.6. The van der Waals surface area contributed by atoms with Gasteiger partial charge in [0.15, 0.2) is 5.96 Å². The van der Waals surface area contributed by atoms with E-state index in [1.54, 1.807) is 13.0 Å². The molecule has 3 rings (SSSR count). The summed E-state index contributed by atoms with van der Waals surface area (Å²) < 4.78 is 15.5. The molecular weight excluding hydrogens is 353 g/mol. The molecule has 3 aromatic rings. The molecule has 0 radical (unpaired) electrons. The standard InChI is InChI=1S/C22H26FN5/c1-3-24-22(26-14-19-9-10-20(23)17(2)13-19)27-15-21-25-11-12-28(21)16-18-7-5-4-6-8-18/h4-13H,3,14-16H2,1-2H3,(H2,24,26,27). The molecule has 5 nitrogen and oxygen atoms in total. The van der Waals surface area contributed by atoms with Crippen molar-refractivity contribution in [1.82, 2.24) is 20.2 Å². The first-order valence-corrected chi connectivity index (χ1v) is 9.47. The van der Waals surface area contributed by atoms with E-state index >= 15 is 0 Å². The Morgan fingerprint density at radius 2 is 1.93 bits per heavy atom. The van der Waals surface area contributed by atoms with Gasteiger partial charge in [0.25, 0.3) is 0 Å². The molecule has 0 saturated carbocycles. The average Bonchev–Trinajstić information content (AvgIpc) is 3.14. The fourth-order valence-corrected chi connectivity index (χ4v) is 2.91. The predicted molar refractivity (Wildman–Crippen MR) is 111 cm³/mol. The lowest BCUT2D eigenvalue weighted by molar-refractivity contribution is 0.617. The lowest BCUT2D eigenvalue weighted by Gasteiger charge is -2.13. The van der Waals surface area contributed by atoms with E-state index in [9.17, 15) is 4.39 Å². The van der Waals surface area contributed by atoms with Crippen molar-refractivity contribution in [3.05, 3.63) is 89.3 Å². The number of benzene rings is 2. The third-order valence-electron chi connectivity index (χ3n) is 4.40. The van der Waals surface area contributed by atoms with Crippen molar-refractivity contribution < 1.29 is 4.39 Å². The molecule has 28 heavy (non-hydrogen) atoms. The zero-order valence-electron chi connectivity index (χ0n) is 16.3. The predicted octanol–water partition coefficient (Wildman–Crippen LogP) is 3.63. The fraction of sp³-hybridized carbons (Fsp3) is 0.273. The second-order valence-electron chi connectivity index (χ2n) is 6.59. The number of nitrogens with zero attached hydrogens (tertiary/aromatic N) is 3. The third-order valence-corrected chi connectivity index (χ3v) is 4.40. The monoisotopic (exact) mass is 379 g/mol. The highest BCUT2D eigenvalue weighted by atomic mass is 19.1. The van der Waals surface area contributed by atoms with Gasteiger partial charge >= 0.3 is 0 Å². The minimum absolute atomic E-state index is 0.192. The molecule has 0 unspecified atom stereocenters. The van der Waals surface area contributed by atoms with E-state index in [2.05, 4.69) is 37.3 Å². The maximum atomic E-state index is 13.4. The molecular formula is C22H26FN5. The summed E-state index contributed by atoms with van der Waals surface area (Å²) in [5, 5.41) is 6.57. The van der Waals surface area contributed by atoms with Crippen molar-refractivity contribution in [3.63, 3.8) is 0 Å². The van der Waals surface area contributed by atoms with Crippen LogP contribution in [0.5, 0.6) is 0 Å². The first-order chi connectivity index (χ1) is 13.7. The van der Waals surface area contributed by atoms with Gasteiger partial charge in [0.1, 0.15) is 11.6 Å². The normalized spacial score (nSPS) is 11.5. The lowest BCUT2D eigenvalue weighted by Crippen LogP contribution is -2.37. The van der Waals surface area contributed by atoms with E-state index in [-0.39, 0.29) is 5.82 Å². The van der Waals surface area contributed by atoms with Crippen molar-refractivity contribution in [1.29, 1.82) is 0 Å². The van der Waals surface area contributed by atoms with Crippen LogP contribution in [0.3, 0.4) is 0 Å². The van der Waals surface area contributed by atoms with Crippen LogP contribution < -0.4 is 10.6 Å². The maximum Gasteiger partial charge on any atom is 0.191 e. The Bertz CT molecular complexity index is 918. The quantitative estimate of drug-likeness (QED) is 0.487. The molecule has 0 aliphatic rings. The van der Waals surface area contributed by atoms with E-state index in [1.165, 1.54) is 11.6 Å². The highest BCUT2D eigenvalue weighted by molar-refractivity contribution is 5.79. The summed E-state index contributed by atoms with van der Waals surface area (Å²) in [6.45, 7) is 6.37. The van der Waals surface area contributed by atoms with Gasteiger partial charge in [0, 0.05) is 25.5 Å². The molecule has 6 heteroatoms. The van der Waals surface area contributed by atoms with Gasteiger partial charge in [-0.15, -0.1) is 0 Å². The molecule has 146 valence electrons. The molecule has 0 fully saturated rings. The number of imidazole rings is 1. The zero-order chi connectivity index (χ0) is 19.8. The van der Waals surface area contributed by atoms with Crippen LogP contribution >= 0.6 is 0 Å². The zero-order valence-corrected chi connectivity index (χ0v) is 16.3. The van der Waals surface area contributed by atoms with Gasteiger partial charge in [-0.05, 0) is 36.6 Å².